The monoisotopic (exact) mass is 335 g/mol. The van der Waals surface area contributed by atoms with Crippen molar-refractivity contribution in [3.05, 3.63) is 36.8 Å². The quantitative estimate of drug-likeness (QED) is 0.454. The van der Waals surface area contributed by atoms with E-state index in [2.05, 4.69) is 25.6 Å². The smallest absolute Gasteiger partial charge is 0.193 e. The van der Waals surface area contributed by atoms with Gasteiger partial charge in [0.2, 0.25) is 0 Å². The number of pyridine rings is 1. The molecule has 2 aromatic heterocycles. The number of hydrogen-bond donors (Lipinski definition) is 2. The first-order valence-corrected chi connectivity index (χ1v) is 7.95. The largest absolute Gasteiger partial charge is 0.385 e. The Kier molecular flexibility index (Phi) is 7.01. The summed E-state index contributed by atoms with van der Waals surface area (Å²) >= 11 is 6.62. The van der Waals surface area contributed by atoms with Crippen molar-refractivity contribution >= 4 is 34.8 Å². The molecule has 0 aliphatic carbocycles. The molecule has 2 rings (SSSR count). The summed E-state index contributed by atoms with van der Waals surface area (Å²) in [4.78, 5) is 12.6. The van der Waals surface area contributed by atoms with Gasteiger partial charge in [-0.3, -0.25) is 0 Å². The van der Waals surface area contributed by atoms with E-state index < -0.39 is 0 Å². The minimum Gasteiger partial charge on any atom is -0.385 e. The Morgan fingerprint density at radius 3 is 2.77 bits per heavy atom. The van der Waals surface area contributed by atoms with Crippen molar-refractivity contribution in [2.45, 2.75) is 16.6 Å². The number of nitrogens with zero attached hydrogens (tertiary/aromatic N) is 3. The lowest BCUT2D eigenvalue weighted by Crippen LogP contribution is -2.29. The second kappa shape index (κ2) is 9.29. The third kappa shape index (κ3) is 5.92. The topological polar surface area (TPSA) is 72.0 Å². The Balaban J connectivity index is 1.80. The van der Waals surface area contributed by atoms with E-state index in [9.17, 15) is 0 Å². The summed E-state index contributed by atoms with van der Waals surface area (Å²) in [6.45, 7) is 1.48. The van der Waals surface area contributed by atoms with Crippen molar-refractivity contribution in [3.8, 4) is 0 Å². The van der Waals surface area contributed by atoms with Gasteiger partial charge in [0.1, 0.15) is 5.03 Å². The molecule has 0 aliphatic rings. The second-order valence-electron chi connectivity index (χ2n) is 4.25. The number of thiocarbonyl (C=S) groups is 1. The molecule has 0 amide bonds. The van der Waals surface area contributed by atoms with Crippen molar-refractivity contribution < 1.29 is 4.74 Å². The molecule has 2 aromatic rings. The normalized spacial score (nSPS) is 10.2. The van der Waals surface area contributed by atoms with Crippen LogP contribution < -0.4 is 10.6 Å². The third-order valence-corrected chi connectivity index (χ3v) is 3.63. The van der Waals surface area contributed by atoms with Gasteiger partial charge in [0.15, 0.2) is 10.3 Å². The molecule has 6 nitrogen and oxygen atoms in total. The van der Waals surface area contributed by atoms with Crippen molar-refractivity contribution in [1.82, 2.24) is 20.3 Å². The molecule has 0 aromatic carbocycles. The van der Waals surface area contributed by atoms with Crippen LogP contribution in [0.5, 0.6) is 0 Å². The van der Waals surface area contributed by atoms with E-state index in [1.807, 2.05) is 12.1 Å². The number of methoxy groups -OCH3 is 1. The fourth-order valence-corrected chi connectivity index (χ4v) is 2.42. The Labute approximate surface area is 139 Å². The zero-order valence-corrected chi connectivity index (χ0v) is 13.8. The maximum absolute atomic E-state index is 5.21. The minimum absolute atomic E-state index is 0.574. The van der Waals surface area contributed by atoms with Gasteiger partial charge in [0.25, 0.3) is 0 Å². The van der Waals surface area contributed by atoms with Gasteiger partial charge in [-0.15, -0.1) is 0 Å². The predicted molar refractivity (Wildman–Crippen MR) is 91.1 cm³/mol. The Morgan fingerprint density at radius 1 is 1.27 bits per heavy atom. The molecule has 0 spiro atoms. The van der Waals surface area contributed by atoms with Crippen LogP contribution in [0.4, 0.5) is 5.69 Å². The maximum atomic E-state index is 5.21. The molecule has 0 aliphatic heterocycles. The van der Waals surface area contributed by atoms with Crippen molar-refractivity contribution in [2.24, 2.45) is 0 Å². The summed E-state index contributed by atoms with van der Waals surface area (Å²) in [6.07, 6.45) is 6.05. The summed E-state index contributed by atoms with van der Waals surface area (Å²) in [5.41, 5.74) is 0.836. The second-order valence-corrected chi connectivity index (χ2v) is 5.64. The molecular weight excluding hydrogens is 318 g/mol. The molecule has 0 saturated carbocycles. The highest BCUT2D eigenvalue weighted by atomic mass is 32.2. The van der Waals surface area contributed by atoms with E-state index in [-0.39, 0.29) is 0 Å². The highest BCUT2D eigenvalue weighted by Crippen LogP contribution is 2.22. The minimum atomic E-state index is 0.574. The highest BCUT2D eigenvalue weighted by Gasteiger charge is 2.02. The lowest BCUT2D eigenvalue weighted by Gasteiger charge is -2.10. The van der Waals surface area contributed by atoms with Gasteiger partial charge < -0.3 is 15.4 Å². The van der Waals surface area contributed by atoms with Crippen LogP contribution in [0.15, 0.2) is 47.0 Å². The summed E-state index contributed by atoms with van der Waals surface area (Å²) in [5.74, 6) is 0. The standard InChI is InChI=1S/C14H17N5OS2/c1-20-9-3-8-15-13(21)19-11-4-5-12(18-10-11)22-14-16-6-2-7-17-14/h2,4-7,10H,3,8-9H2,1H3,(H2,15,19,21). The molecule has 0 unspecified atom stereocenters. The van der Waals surface area contributed by atoms with Gasteiger partial charge in [0.05, 0.1) is 11.9 Å². The van der Waals surface area contributed by atoms with E-state index in [1.54, 1.807) is 31.8 Å². The first-order chi connectivity index (χ1) is 10.8. The fraction of sp³-hybridized carbons (Fsp3) is 0.286. The Hall–Kier alpha value is -1.77. The molecular formula is C14H17N5OS2. The molecule has 0 fully saturated rings. The summed E-state index contributed by atoms with van der Waals surface area (Å²) in [6, 6.07) is 5.60. The summed E-state index contributed by atoms with van der Waals surface area (Å²) in [5, 5.41) is 8.27. The Bertz CT molecular complexity index is 580. The van der Waals surface area contributed by atoms with Gasteiger partial charge in [-0.05, 0) is 48.6 Å². The number of aromatic nitrogens is 3. The van der Waals surface area contributed by atoms with Gasteiger partial charge in [-0.25, -0.2) is 15.0 Å². The van der Waals surface area contributed by atoms with E-state index in [0.717, 1.165) is 23.7 Å². The molecule has 2 heterocycles. The molecule has 0 bridgehead atoms. The van der Waals surface area contributed by atoms with Gasteiger partial charge in [-0.1, -0.05) is 0 Å². The zero-order chi connectivity index (χ0) is 15.6. The SMILES string of the molecule is COCCCNC(=S)Nc1ccc(Sc2ncccn2)nc1. The first-order valence-electron chi connectivity index (χ1n) is 6.72. The van der Waals surface area contributed by atoms with E-state index in [1.165, 1.54) is 11.8 Å². The highest BCUT2D eigenvalue weighted by molar-refractivity contribution is 7.99. The molecule has 0 atom stereocenters. The van der Waals surface area contributed by atoms with Crippen LogP contribution in [0.25, 0.3) is 0 Å². The molecule has 0 saturated heterocycles. The number of nitrogens with one attached hydrogen (secondary N) is 2. The fourth-order valence-electron chi connectivity index (χ4n) is 1.54. The molecule has 8 heteroatoms. The third-order valence-electron chi connectivity index (χ3n) is 2.54. The first kappa shape index (κ1) is 16.6. The van der Waals surface area contributed by atoms with Crippen molar-refractivity contribution in [1.29, 1.82) is 0 Å². The zero-order valence-electron chi connectivity index (χ0n) is 12.2. The van der Waals surface area contributed by atoms with Crippen LogP contribution in [-0.4, -0.2) is 40.3 Å². The van der Waals surface area contributed by atoms with Crippen LogP contribution in [-0.2, 0) is 4.74 Å². The number of ether oxygens (including phenoxy) is 1. The Morgan fingerprint density at radius 2 is 2.09 bits per heavy atom. The lowest BCUT2D eigenvalue weighted by molar-refractivity contribution is 0.196. The lowest BCUT2D eigenvalue weighted by atomic mass is 10.4. The number of rotatable bonds is 7. The maximum Gasteiger partial charge on any atom is 0.193 e. The van der Waals surface area contributed by atoms with Crippen LogP contribution in [0.1, 0.15) is 6.42 Å². The molecule has 2 N–H and O–H groups in total. The van der Waals surface area contributed by atoms with E-state index in [0.29, 0.717) is 16.9 Å². The van der Waals surface area contributed by atoms with Crippen molar-refractivity contribution in [2.75, 3.05) is 25.6 Å². The van der Waals surface area contributed by atoms with Crippen LogP contribution in [0.2, 0.25) is 0 Å². The molecule has 116 valence electrons. The van der Waals surface area contributed by atoms with Crippen molar-refractivity contribution in [3.63, 3.8) is 0 Å². The van der Waals surface area contributed by atoms with Crippen LogP contribution >= 0.6 is 24.0 Å². The number of anilines is 1. The average molecular weight is 335 g/mol. The average Bonchev–Trinajstić information content (AvgIpc) is 2.54. The van der Waals surface area contributed by atoms with Gasteiger partial charge >= 0.3 is 0 Å². The van der Waals surface area contributed by atoms with Gasteiger partial charge in [-0.2, -0.15) is 0 Å². The van der Waals surface area contributed by atoms with E-state index in [4.69, 9.17) is 17.0 Å². The van der Waals surface area contributed by atoms with Gasteiger partial charge in [0, 0.05) is 32.7 Å². The van der Waals surface area contributed by atoms with E-state index >= 15 is 0 Å². The van der Waals surface area contributed by atoms with Crippen LogP contribution in [0, 0.1) is 0 Å². The number of hydrogen-bond acceptors (Lipinski definition) is 6. The molecule has 22 heavy (non-hydrogen) atoms. The molecule has 0 radical (unpaired) electrons. The summed E-state index contributed by atoms with van der Waals surface area (Å²) < 4.78 is 4.98. The van der Waals surface area contributed by atoms with Crippen LogP contribution in [0.3, 0.4) is 0 Å². The summed E-state index contributed by atoms with van der Waals surface area (Å²) in [7, 11) is 1.68. The predicted octanol–water partition coefficient (Wildman–Crippen LogP) is 2.35.